The lowest BCUT2D eigenvalue weighted by Gasteiger charge is -2.14. The highest BCUT2D eigenvalue weighted by atomic mass is 16.3. The summed E-state index contributed by atoms with van der Waals surface area (Å²) < 4.78 is 1.76. The summed E-state index contributed by atoms with van der Waals surface area (Å²) in [5.74, 6) is 6.39. The van der Waals surface area contributed by atoms with Crippen molar-refractivity contribution in [2.75, 3.05) is 5.73 Å². The lowest BCUT2D eigenvalue weighted by atomic mass is 10.1. The Labute approximate surface area is 166 Å². The molecule has 3 heterocycles. The minimum absolute atomic E-state index is 0.242. The van der Waals surface area contributed by atoms with Crippen molar-refractivity contribution in [1.82, 2.24) is 19.5 Å². The minimum Gasteiger partial charge on any atom is -0.384 e. The maximum Gasteiger partial charge on any atom is 0.204 e. The molecule has 0 fully saturated rings. The van der Waals surface area contributed by atoms with Crippen LogP contribution >= 0.6 is 0 Å². The van der Waals surface area contributed by atoms with Gasteiger partial charge in [-0.3, -0.25) is 4.79 Å². The van der Waals surface area contributed by atoms with Crippen molar-refractivity contribution >= 4 is 16.9 Å². The van der Waals surface area contributed by atoms with Gasteiger partial charge < -0.3 is 20.4 Å². The molecule has 0 radical (unpaired) electrons. The molecule has 1 atom stereocenters. The van der Waals surface area contributed by atoms with Gasteiger partial charge >= 0.3 is 0 Å². The molecule has 4 rings (SSSR count). The number of hydrogen-bond acceptors (Lipinski definition) is 5. The van der Waals surface area contributed by atoms with E-state index in [-0.39, 0.29) is 5.43 Å². The van der Waals surface area contributed by atoms with Crippen molar-refractivity contribution in [3.63, 3.8) is 0 Å². The first-order chi connectivity index (χ1) is 14.1. The fraction of sp³-hybridized carbons (Fsp3) is 0.136. The van der Waals surface area contributed by atoms with Gasteiger partial charge in [-0.25, -0.2) is 9.97 Å². The summed E-state index contributed by atoms with van der Waals surface area (Å²) in [6, 6.07) is 12.5. The number of aromatic nitrogens is 4. The van der Waals surface area contributed by atoms with Crippen LogP contribution in [0.1, 0.15) is 24.3 Å². The predicted octanol–water partition coefficient (Wildman–Crippen LogP) is 2.47. The summed E-state index contributed by atoms with van der Waals surface area (Å²) in [6.07, 6.45) is 2.29. The first-order valence-electron chi connectivity index (χ1n) is 9.17. The molecule has 4 aromatic rings. The average molecular weight is 385 g/mol. The average Bonchev–Trinajstić information content (AvgIpc) is 3.27. The van der Waals surface area contributed by atoms with E-state index in [0.29, 0.717) is 46.0 Å². The zero-order valence-corrected chi connectivity index (χ0v) is 15.8. The van der Waals surface area contributed by atoms with Crippen LogP contribution in [-0.4, -0.2) is 24.6 Å². The standard InChI is InChI=1S/C22H19N5O2/c1-2-27-20(23)18(21-24-12-13-25-21)19(29)16-10-8-15(26-22(16)27)9-11-17(28)14-6-4-3-5-7-14/h3-8,10,12-13,17,28H,2,23H2,1H3,(H,24,25). The van der Waals surface area contributed by atoms with Crippen molar-refractivity contribution in [2.45, 2.75) is 19.6 Å². The topological polar surface area (TPSA) is 110 Å². The van der Waals surface area contributed by atoms with Gasteiger partial charge in [-0.2, -0.15) is 0 Å². The van der Waals surface area contributed by atoms with Crippen molar-refractivity contribution in [3.05, 3.63) is 76.3 Å². The molecular formula is C22H19N5O2. The number of aliphatic hydroxyl groups excluding tert-OH is 1. The van der Waals surface area contributed by atoms with Crippen LogP contribution in [0.2, 0.25) is 0 Å². The second-order valence-corrected chi connectivity index (χ2v) is 6.42. The number of H-pyrrole nitrogens is 1. The number of pyridine rings is 2. The third-order valence-corrected chi connectivity index (χ3v) is 4.65. The van der Waals surface area contributed by atoms with E-state index in [2.05, 4.69) is 26.8 Å². The smallest absolute Gasteiger partial charge is 0.204 e. The number of nitrogen functional groups attached to an aromatic ring is 1. The Kier molecular flexibility index (Phi) is 4.85. The Morgan fingerprint density at radius 3 is 2.72 bits per heavy atom. The van der Waals surface area contributed by atoms with Crippen molar-refractivity contribution < 1.29 is 5.11 Å². The molecule has 0 amide bonds. The van der Waals surface area contributed by atoms with Crippen LogP contribution in [0.15, 0.2) is 59.7 Å². The Morgan fingerprint density at radius 1 is 1.24 bits per heavy atom. The molecule has 0 bridgehead atoms. The van der Waals surface area contributed by atoms with E-state index in [1.165, 1.54) is 0 Å². The monoisotopic (exact) mass is 385 g/mol. The zero-order valence-electron chi connectivity index (χ0n) is 15.8. The number of rotatable bonds is 3. The molecule has 0 saturated carbocycles. The third-order valence-electron chi connectivity index (χ3n) is 4.65. The molecule has 7 nitrogen and oxygen atoms in total. The van der Waals surface area contributed by atoms with E-state index < -0.39 is 6.10 Å². The molecule has 0 aliphatic heterocycles. The summed E-state index contributed by atoms with van der Waals surface area (Å²) in [4.78, 5) is 24.6. The van der Waals surface area contributed by atoms with Crippen LogP contribution in [0.25, 0.3) is 22.4 Å². The molecular weight excluding hydrogens is 366 g/mol. The molecule has 144 valence electrons. The molecule has 1 unspecified atom stereocenters. The van der Waals surface area contributed by atoms with Crippen LogP contribution in [0.5, 0.6) is 0 Å². The third kappa shape index (κ3) is 3.37. The minimum atomic E-state index is -0.923. The normalized spacial score (nSPS) is 11.8. The van der Waals surface area contributed by atoms with E-state index in [9.17, 15) is 9.90 Å². The zero-order chi connectivity index (χ0) is 20.4. The van der Waals surface area contributed by atoms with Crippen molar-refractivity contribution in [1.29, 1.82) is 0 Å². The first kappa shape index (κ1) is 18.5. The lowest BCUT2D eigenvalue weighted by Crippen LogP contribution is -2.18. The molecule has 1 aromatic carbocycles. The fourth-order valence-electron chi connectivity index (χ4n) is 3.21. The van der Waals surface area contributed by atoms with E-state index >= 15 is 0 Å². The molecule has 0 spiro atoms. The van der Waals surface area contributed by atoms with Crippen LogP contribution in [-0.2, 0) is 6.54 Å². The Balaban J connectivity index is 1.82. The Morgan fingerprint density at radius 2 is 2.03 bits per heavy atom. The fourth-order valence-corrected chi connectivity index (χ4v) is 3.21. The Hall–Kier alpha value is -3.89. The van der Waals surface area contributed by atoms with Crippen LogP contribution in [0.3, 0.4) is 0 Å². The molecule has 29 heavy (non-hydrogen) atoms. The summed E-state index contributed by atoms with van der Waals surface area (Å²) in [5.41, 5.74) is 7.97. The molecule has 0 saturated heterocycles. The number of aliphatic hydroxyl groups is 1. The molecule has 3 aromatic heterocycles. The maximum atomic E-state index is 13.0. The number of nitrogens with two attached hydrogens (primary N) is 1. The van der Waals surface area contributed by atoms with E-state index in [1.54, 1.807) is 41.2 Å². The lowest BCUT2D eigenvalue weighted by molar-refractivity contribution is 0.238. The Bertz CT molecular complexity index is 1280. The van der Waals surface area contributed by atoms with Crippen molar-refractivity contribution in [3.8, 4) is 23.2 Å². The summed E-state index contributed by atoms with van der Waals surface area (Å²) in [6.45, 7) is 2.44. The summed E-state index contributed by atoms with van der Waals surface area (Å²) in [7, 11) is 0. The number of aromatic amines is 1. The number of imidazole rings is 1. The van der Waals surface area contributed by atoms with Gasteiger partial charge in [0.25, 0.3) is 0 Å². The van der Waals surface area contributed by atoms with Gasteiger partial charge in [-0.1, -0.05) is 36.3 Å². The number of nitrogens with zero attached hydrogens (tertiary/aromatic N) is 3. The predicted molar refractivity (Wildman–Crippen MR) is 112 cm³/mol. The number of fused-ring (bicyclic) bond motifs is 1. The van der Waals surface area contributed by atoms with Crippen LogP contribution < -0.4 is 11.2 Å². The first-order valence-corrected chi connectivity index (χ1v) is 9.17. The number of aryl methyl sites for hydroxylation is 1. The SMILES string of the molecule is CCn1c(N)c(-c2ncc[nH]2)c(=O)c2ccc(C#CC(O)c3ccccc3)nc21. The van der Waals surface area contributed by atoms with Crippen LogP contribution in [0, 0.1) is 11.8 Å². The summed E-state index contributed by atoms with van der Waals surface area (Å²) in [5, 5.41) is 10.7. The van der Waals surface area contributed by atoms with E-state index in [0.717, 1.165) is 0 Å². The van der Waals surface area contributed by atoms with E-state index in [4.69, 9.17) is 5.73 Å². The quantitative estimate of drug-likeness (QED) is 0.469. The second-order valence-electron chi connectivity index (χ2n) is 6.42. The van der Waals surface area contributed by atoms with Crippen LogP contribution in [0.4, 0.5) is 5.82 Å². The number of benzene rings is 1. The molecule has 0 aliphatic rings. The number of anilines is 1. The van der Waals surface area contributed by atoms with E-state index in [1.807, 2.05) is 25.1 Å². The number of nitrogens with one attached hydrogen (secondary N) is 1. The maximum absolute atomic E-state index is 13.0. The van der Waals surface area contributed by atoms with Crippen molar-refractivity contribution in [2.24, 2.45) is 0 Å². The van der Waals surface area contributed by atoms with Gasteiger partial charge in [0.15, 0.2) is 0 Å². The highest BCUT2D eigenvalue weighted by Crippen LogP contribution is 2.23. The second kappa shape index (κ2) is 7.62. The van der Waals surface area contributed by atoms with Gasteiger partial charge in [0, 0.05) is 18.9 Å². The molecule has 4 N–H and O–H groups in total. The highest BCUT2D eigenvalue weighted by Gasteiger charge is 2.18. The van der Waals surface area contributed by atoms with Gasteiger partial charge in [0.1, 0.15) is 34.7 Å². The highest BCUT2D eigenvalue weighted by molar-refractivity contribution is 5.86. The van der Waals surface area contributed by atoms with Gasteiger partial charge in [0.05, 0.1) is 5.39 Å². The largest absolute Gasteiger partial charge is 0.384 e. The van der Waals surface area contributed by atoms with Gasteiger partial charge in [-0.15, -0.1) is 0 Å². The number of hydrogen-bond donors (Lipinski definition) is 3. The molecule has 0 aliphatic carbocycles. The van der Waals surface area contributed by atoms with Gasteiger partial charge in [0.2, 0.25) is 5.43 Å². The molecule has 7 heteroatoms. The summed E-state index contributed by atoms with van der Waals surface area (Å²) >= 11 is 0. The van der Waals surface area contributed by atoms with Gasteiger partial charge in [-0.05, 0) is 30.5 Å².